The summed E-state index contributed by atoms with van der Waals surface area (Å²) in [6.07, 6.45) is -2.42. The summed E-state index contributed by atoms with van der Waals surface area (Å²) in [5.41, 5.74) is 1.28. The molecule has 0 aliphatic rings. The molecule has 3 rings (SSSR count). The Morgan fingerprint density at radius 3 is 2.27 bits per heavy atom. The molecule has 0 aliphatic carbocycles. The SMILES string of the molecule is CS(=O)(=O)c1ccc2nccc(Nc3cc(F)ccc3O)c2c1.O=C(O)C(F)(F)F. The van der Waals surface area contributed by atoms with Crippen molar-refractivity contribution in [3.63, 3.8) is 0 Å². The Bertz CT molecular complexity index is 1200. The molecule has 0 spiro atoms. The van der Waals surface area contributed by atoms with Gasteiger partial charge in [-0.15, -0.1) is 0 Å². The van der Waals surface area contributed by atoms with E-state index in [4.69, 9.17) is 9.90 Å². The summed E-state index contributed by atoms with van der Waals surface area (Å²) in [4.78, 5) is 13.2. The van der Waals surface area contributed by atoms with Gasteiger partial charge in [0.05, 0.1) is 16.1 Å². The Kier molecular flexibility index (Phi) is 6.50. The Labute approximate surface area is 167 Å². The zero-order valence-electron chi connectivity index (χ0n) is 15.1. The maximum Gasteiger partial charge on any atom is 0.490 e. The van der Waals surface area contributed by atoms with Crippen molar-refractivity contribution in [2.24, 2.45) is 0 Å². The first-order valence-corrected chi connectivity index (χ1v) is 9.82. The lowest BCUT2D eigenvalue weighted by atomic mass is 10.1. The monoisotopic (exact) mass is 446 g/mol. The number of aromatic hydroxyl groups is 1. The van der Waals surface area contributed by atoms with Crippen molar-refractivity contribution in [2.45, 2.75) is 11.1 Å². The molecule has 0 saturated heterocycles. The minimum absolute atomic E-state index is 0.115. The van der Waals surface area contributed by atoms with Crippen molar-refractivity contribution >= 4 is 38.1 Å². The summed E-state index contributed by atoms with van der Waals surface area (Å²) in [7, 11) is -3.36. The largest absolute Gasteiger partial charge is 0.506 e. The number of phenols is 1. The van der Waals surface area contributed by atoms with Gasteiger partial charge in [-0.3, -0.25) is 4.98 Å². The molecule has 0 aliphatic heterocycles. The summed E-state index contributed by atoms with van der Waals surface area (Å²) in [5.74, 6) is -3.37. The molecule has 0 saturated carbocycles. The van der Waals surface area contributed by atoms with Crippen LogP contribution in [0.25, 0.3) is 10.9 Å². The summed E-state index contributed by atoms with van der Waals surface area (Å²) >= 11 is 0. The minimum Gasteiger partial charge on any atom is -0.506 e. The Hall–Kier alpha value is -3.41. The molecule has 30 heavy (non-hydrogen) atoms. The smallest absolute Gasteiger partial charge is 0.490 e. The van der Waals surface area contributed by atoms with E-state index in [0.29, 0.717) is 16.6 Å². The van der Waals surface area contributed by atoms with Gasteiger partial charge in [0.2, 0.25) is 0 Å². The zero-order valence-corrected chi connectivity index (χ0v) is 15.9. The number of anilines is 2. The molecule has 0 atom stereocenters. The number of carbonyl (C=O) groups is 1. The highest BCUT2D eigenvalue weighted by molar-refractivity contribution is 7.90. The number of alkyl halides is 3. The number of phenolic OH excluding ortho intramolecular Hbond substituents is 1. The number of carboxylic acid groups (broad SMARTS) is 1. The Morgan fingerprint density at radius 2 is 1.70 bits per heavy atom. The fourth-order valence-electron chi connectivity index (χ4n) is 2.22. The second-order valence-electron chi connectivity index (χ2n) is 5.90. The number of hydrogen-bond donors (Lipinski definition) is 3. The number of halogens is 4. The quantitative estimate of drug-likeness (QED) is 0.413. The lowest BCUT2D eigenvalue weighted by Crippen LogP contribution is -2.21. The number of aliphatic carboxylic acids is 1. The Balaban J connectivity index is 0.000000396. The summed E-state index contributed by atoms with van der Waals surface area (Å²) in [5, 5.41) is 20.4. The molecule has 2 aromatic carbocycles. The fraction of sp³-hybridized carbons (Fsp3) is 0.111. The van der Waals surface area contributed by atoms with E-state index in [0.717, 1.165) is 18.4 Å². The van der Waals surface area contributed by atoms with Crippen LogP contribution in [-0.2, 0) is 14.6 Å². The second kappa shape index (κ2) is 8.53. The first kappa shape index (κ1) is 22.9. The predicted octanol–water partition coefficient (Wildman–Crippen LogP) is 3.86. The van der Waals surface area contributed by atoms with E-state index < -0.39 is 27.8 Å². The van der Waals surface area contributed by atoms with E-state index in [1.807, 2.05) is 0 Å². The summed E-state index contributed by atoms with van der Waals surface area (Å²) < 4.78 is 68.5. The molecular formula is C18H14F4N2O5S. The number of carboxylic acids is 1. The van der Waals surface area contributed by atoms with Crippen molar-refractivity contribution in [1.29, 1.82) is 0 Å². The molecule has 12 heteroatoms. The molecule has 3 N–H and O–H groups in total. The summed E-state index contributed by atoms with van der Waals surface area (Å²) in [6, 6.07) is 9.74. The van der Waals surface area contributed by atoms with Gasteiger partial charge in [0.15, 0.2) is 9.84 Å². The molecule has 160 valence electrons. The standard InChI is InChI=1S/C16H13FN2O3S.C2HF3O2/c1-23(21,22)11-3-4-13-12(9-11)14(6-7-18-13)19-15-8-10(17)2-5-16(15)20;3-2(4,5)1(6)7/h2-9,20H,1H3,(H,18,19);(H,6,7). The third kappa shape index (κ3) is 5.80. The Morgan fingerprint density at radius 1 is 1.07 bits per heavy atom. The topological polar surface area (TPSA) is 117 Å². The van der Waals surface area contributed by atoms with E-state index in [1.165, 1.54) is 18.2 Å². The van der Waals surface area contributed by atoms with Crippen molar-refractivity contribution in [3.8, 4) is 5.75 Å². The van der Waals surface area contributed by atoms with Gasteiger partial charge in [-0.2, -0.15) is 13.2 Å². The van der Waals surface area contributed by atoms with Gasteiger partial charge in [0.25, 0.3) is 0 Å². The van der Waals surface area contributed by atoms with Crippen LogP contribution < -0.4 is 5.32 Å². The lowest BCUT2D eigenvalue weighted by Gasteiger charge is -2.11. The molecule has 0 amide bonds. The van der Waals surface area contributed by atoms with Crippen LogP contribution >= 0.6 is 0 Å². The zero-order chi connectivity index (χ0) is 22.7. The third-order valence-corrected chi connectivity index (χ3v) is 4.72. The molecule has 0 fully saturated rings. The third-order valence-electron chi connectivity index (χ3n) is 3.61. The van der Waals surface area contributed by atoms with E-state index in [-0.39, 0.29) is 16.3 Å². The van der Waals surface area contributed by atoms with Crippen LogP contribution in [0, 0.1) is 5.82 Å². The molecule has 0 bridgehead atoms. The summed E-state index contributed by atoms with van der Waals surface area (Å²) in [6.45, 7) is 0. The predicted molar refractivity (Wildman–Crippen MR) is 99.9 cm³/mol. The van der Waals surface area contributed by atoms with E-state index >= 15 is 0 Å². The van der Waals surface area contributed by atoms with Gasteiger partial charge >= 0.3 is 12.1 Å². The number of rotatable bonds is 3. The highest BCUT2D eigenvalue weighted by Gasteiger charge is 2.38. The normalized spacial score (nSPS) is 11.5. The molecule has 0 unspecified atom stereocenters. The number of benzene rings is 2. The maximum absolute atomic E-state index is 13.3. The van der Waals surface area contributed by atoms with Crippen LogP contribution in [0.2, 0.25) is 0 Å². The first-order valence-electron chi connectivity index (χ1n) is 7.93. The van der Waals surface area contributed by atoms with E-state index in [9.17, 15) is 31.1 Å². The van der Waals surface area contributed by atoms with Gasteiger partial charge in [0, 0.05) is 29.6 Å². The average molecular weight is 446 g/mol. The van der Waals surface area contributed by atoms with E-state index in [1.54, 1.807) is 18.3 Å². The van der Waals surface area contributed by atoms with Crippen molar-refractivity contribution < 1.29 is 41.0 Å². The number of nitrogens with zero attached hydrogens (tertiary/aromatic N) is 1. The first-order chi connectivity index (χ1) is 13.8. The van der Waals surface area contributed by atoms with Gasteiger partial charge < -0.3 is 15.5 Å². The average Bonchev–Trinajstić information content (AvgIpc) is 2.63. The van der Waals surface area contributed by atoms with Crippen LogP contribution in [0.4, 0.5) is 28.9 Å². The maximum atomic E-state index is 13.3. The van der Waals surface area contributed by atoms with Crippen molar-refractivity contribution in [1.82, 2.24) is 4.98 Å². The van der Waals surface area contributed by atoms with Crippen molar-refractivity contribution in [3.05, 3.63) is 54.5 Å². The van der Waals surface area contributed by atoms with Crippen LogP contribution in [-0.4, -0.2) is 42.0 Å². The molecular weight excluding hydrogens is 432 g/mol. The van der Waals surface area contributed by atoms with Crippen molar-refractivity contribution in [2.75, 3.05) is 11.6 Å². The number of sulfone groups is 1. The minimum atomic E-state index is -5.08. The van der Waals surface area contributed by atoms with E-state index in [2.05, 4.69) is 10.3 Å². The number of fused-ring (bicyclic) bond motifs is 1. The fourth-order valence-corrected chi connectivity index (χ4v) is 2.87. The molecule has 1 heterocycles. The number of aromatic nitrogens is 1. The highest BCUT2D eigenvalue weighted by Crippen LogP contribution is 2.31. The van der Waals surface area contributed by atoms with Gasteiger partial charge in [-0.1, -0.05) is 0 Å². The van der Waals surface area contributed by atoms with Gasteiger partial charge in [-0.05, 0) is 36.4 Å². The lowest BCUT2D eigenvalue weighted by molar-refractivity contribution is -0.192. The van der Waals surface area contributed by atoms with Gasteiger partial charge in [-0.25, -0.2) is 17.6 Å². The van der Waals surface area contributed by atoms with Gasteiger partial charge in [0.1, 0.15) is 11.6 Å². The van der Waals surface area contributed by atoms with Crippen LogP contribution in [0.1, 0.15) is 0 Å². The number of pyridine rings is 1. The molecule has 3 aromatic rings. The highest BCUT2D eigenvalue weighted by atomic mass is 32.2. The van der Waals surface area contributed by atoms with Crippen LogP contribution in [0.3, 0.4) is 0 Å². The number of nitrogens with one attached hydrogen (secondary N) is 1. The molecule has 0 radical (unpaired) electrons. The molecule has 1 aromatic heterocycles. The van der Waals surface area contributed by atoms with Crippen LogP contribution in [0.5, 0.6) is 5.75 Å². The van der Waals surface area contributed by atoms with Crippen LogP contribution in [0.15, 0.2) is 53.6 Å². The second-order valence-corrected chi connectivity index (χ2v) is 7.91. The molecule has 7 nitrogen and oxygen atoms in total. The number of hydrogen-bond acceptors (Lipinski definition) is 6.